The normalized spacial score (nSPS) is 13.0. The van der Waals surface area contributed by atoms with Crippen LogP contribution in [-0.2, 0) is 13.5 Å². The van der Waals surface area contributed by atoms with Crippen molar-refractivity contribution in [1.82, 2.24) is 14.9 Å². The first-order valence-corrected chi connectivity index (χ1v) is 5.91. The highest BCUT2D eigenvalue weighted by Crippen LogP contribution is 2.10. The average Bonchev–Trinajstić information content (AvgIpc) is 2.61. The molecule has 0 bridgehead atoms. The third-order valence-corrected chi connectivity index (χ3v) is 2.85. The van der Waals surface area contributed by atoms with Gasteiger partial charge in [0, 0.05) is 25.9 Å². The molecule has 3 nitrogen and oxygen atoms in total. The number of hydrogen-bond donors (Lipinski definition) is 1. The van der Waals surface area contributed by atoms with Crippen LogP contribution in [-0.4, -0.2) is 22.6 Å². The zero-order valence-corrected chi connectivity index (χ0v) is 10.2. The van der Waals surface area contributed by atoms with E-state index in [1.807, 2.05) is 12.4 Å². The molecule has 1 heterocycles. The van der Waals surface area contributed by atoms with E-state index in [0.717, 1.165) is 25.4 Å². The van der Waals surface area contributed by atoms with Crippen LogP contribution < -0.4 is 5.32 Å². The highest BCUT2D eigenvalue weighted by molar-refractivity contribution is 4.91. The minimum atomic E-state index is 0.778. The molecule has 0 aliphatic carbocycles. The summed E-state index contributed by atoms with van der Waals surface area (Å²) in [6.45, 7) is 6.68. The molecule has 1 unspecified atom stereocenters. The summed E-state index contributed by atoms with van der Waals surface area (Å²) in [5, 5.41) is 3.36. The number of hydrogen-bond acceptors (Lipinski definition) is 2. The van der Waals surface area contributed by atoms with Crippen LogP contribution >= 0.6 is 0 Å². The second-order valence-electron chi connectivity index (χ2n) is 4.24. The van der Waals surface area contributed by atoms with Crippen LogP contribution in [0.2, 0.25) is 0 Å². The molecule has 86 valence electrons. The Balaban J connectivity index is 2.16. The third kappa shape index (κ3) is 4.47. The Hall–Kier alpha value is -0.830. The van der Waals surface area contributed by atoms with Gasteiger partial charge >= 0.3 is 0 Å². The molecule has 0 spiro atoms. The van der Waals surface area contributed by atoms with Gasteiger partial charge in [0.25, 0.3) is 0 Å². The lowest BCUT2D eigenvalue weighted by Crippen LogP contribution is -2.16. The molecule has 3 heteroatoms. The number of nitrogens with one attached hydrogen (secondary N) is 1. The van der Waals surface area contributed by atoms with Gasteiger partial charge in [-0.1, -0.05) is 13.8 Å². The molecule has 1 aromatic heterocycles. The quantitative estimate of drug-likeness (QED) is 0.696. The van der Waals surface area contributed by atoms with Crippen LogP contribution in [0.4, 0.5) is 0 Å². The molecule has 1 aromatic rings. The highest BCUT2D eigenvalue weighted by Gasteiger charge is 2.04. The summed E-state index contributed by atoms with van der Waals surface area (Å²) < 4.78 is 2.11. The van der Waals surface area contributed by atoms with Crippen molar-refractivity contribution < 1.29 is 0 Å². The van der Waals surface area contributed by atoms with Gasteiger partial charge < -0.3 is 9.88 Å². The minimum absolute atomic E-state index is 0.778. The van der Waals surface area contributed by atoms with Gasteiger partial charge in [-0.2, -0.15) is 0 Å². The zero-order valence-electron chi connectivity index (χ0n) is 10.2. The van der Waals surface area contributed by atoms with E-state index in [-0.39, 0.29) is 0 Å². The molecule has 0 saturated carbocycles. The maximum Gasteiger partial charge on any atom is 0.108 e. The van der Waals surface area contributed by atoms with Crippen LogP contribution in [0.5, 0.6) is 0 Å². The van der Waals surface area contributed by atoms with E-state index < -0.39 is 0 Å². The third-order valence-electron chi connectivity index (χ3n) is 2.85. The van der Waals surface area contributed by atoms with Gasteiger partial charge in [0.15, 0.2) is 0 Å². The molecule has 15 heavy (non-hydrogen) atoms. The summed E-state index contributed by atoms with van der Waals surface area (Å²) in [5.74, 6) is 1.98. The Morgan fingerprint density at radius 2 is 2.27 bits per heavy atom. The Kier molecular flexibility index (Phi) is 5.40. The Morgan fingerprint density at radius 3 is 2.87 bits per heavy atom. The van der Waals surface area contributed by atoms with Crippen molar-refractivity contribution in [1.29, 1.82) is 0 Å². The molecular formula is C12H23N3. The fourth-order valence-corrected chi connectivity index (χ4v) is 1.68. The van der Waals surface area contributed by atoms with Crippen molar-refractivity contribution in [2.24, 2.45) is 13.0 Å². The minimum Gasteiger partial charge on any atom is -0.338 e. The van der Waals surface area contributed by atoms with E-state index in [4.69, 9.17) is 0 Å². The second-order valence-corrected chi connectivity index (χ2v) is 4.24. The summed E-state index contributed by atoms with van der Waals surface area (Å²) in [5.41, 5.74) is 0. The van der Waals surface area contributed by atoms with Crippen molar-refractivity contribution in [3.8, 4) is 0 Å². The molecule has 0 fully saturated rings. The van der Waals surface area contributed by atoms with Crippen LogP contribution in [0.3, 0.4) is 0 Å². The van der Waals surface area contributed by atoms with E-state index in [1.54, 1.807) is 0 Å². The smallest absolute Gasteiger partial charge is 0.108 e. The van der Waals surface area contributed by atoms with Gasteiger partial charge in [-0.3, -0.25) is 0 Å². The molecule has 1 atom stereocenters. The molecule has 0 aliphatic rings. The van der Waals surface area contributed by atoms with Gasteiger partial charge in [-0.05, 0) is 31.8 Å². The van der Waals surface area contributed by atoms with Crippen molar-refractivity contribution in [2.75, 3.05) is 13.1 Å². The standard InChI is InChI=1S/C12H23N3/c1-4-13-8-7-11(2)5-6-12-14-9-10-15(12)3/h9-11,13H,4-8H2,1-3H3. The van der Waals surface area contributed by atoms with Crippen molar-refractivity contribution in [2.45, 2.75) is 33.1 Å². The van der Waals surface area contributed by atoms with Crippen molar-refractivity contribution in [3.63, 3.8) is 0 Å². The van der Waals surface area contributed by atoms with Gasteiger partial charge in [0.1, 0.15) is 5.82 Å². The lowest BCUT2D eigenvalue weighted by molar-refractivity contribution is 0.467. The van der Waals surface area contributed by atoms with Gasteiger partial charge in [-0.15, -0.1) is 0 Å². The summed E-state index contributed by atoms with van der Waals surface area (Å²) in [4.78, 5) is 4.33. The predicted octanol–water partition coefficient (Wildman–Crippen LogP) is 1.99. The van der Waals surface area contributed by atoms with Crippen LogP contribution in [0, 0.1) is 5.92 Å². The fourth-order valence-electron chi connectivity index (χ4n) is 1.68. The lowest BCUT2D eigenvalue weighted by atomic mass is 10.0. The number of imidazole rings is 1. The van der Waals surface area contributed by atoms with Crippen molar-refractivity contribution in [3.05, 3.63) is 18.2 Å². The summed E-state index contributed by atoms with van der Waals surface area (Å²) in [6.07, 6.45) is 7.47. The first kappa shape index (κ1) is 12.2. The van der Waals surface area contributed by atoms with E-state index >= 15 is 0 Å². The largest absolute Gasteiger partial charge is 0.338 e. The first-order chi connectivity index (χ1) is 7.24. The zero-order chi connectivity index (χ0) is 11.1. The molecular weight excluding hydrogens is 186 g/mol. The van der Waals surface area contributed by atoms with E-state index in [9.17, 15) is 0 Å². The van der Waals surface area contributed by atoms with Crippen molar-refractivity contribution >= 4 is 0 Å². The molecule has 1 rings (SSSR count). The maximum absolute atomic E-state index is 4.33. The highest BCUT2D eigenvalue weighted by atomic mass is 15.0. The van der Waals surface area contributed by atoms with E-state index in [0.29, 0.717) is 0 Å². The topological polar surface area (TPSA) is 29.9 Å². The molecule has 0 radical (unpaired) electrons. The monoisotopic (exact) mass is 209 g/mol. The Bertz CT molecular complexity index is 268. The number of aromatic nitrogens is 2. The Morgan fingerprint density at radius 1 is 1.47 bits per heavy atom. The molecule has 0 aliphatic heterocycles. The summed E-state index contributed by atoms with van der Waals surface area (Å²) in [6, 6.07) is 0. The first-order valence-electron chi connectivity index (χ1n) is 5.91. The van der Waals surface area contributed by atoms with Gasteiger partial charge in [-0.25, -0.2) is 4.98 Å². The summed E-state index contributed by atoms with van der Waals surface area (Å²) >= 11 is 0. The number of rotatable bonds is 7. The number of aryl methyl sites for hydroxylation is 2. The average molecular weight is 209 g/mol. The van der Waals surface area contributed by atoms with Gasteiger partial charge in [0.2, 0.25) is 0 Å². The second kappa shape index (κ2) is 6.62. The van der Waals surface area contributed by atoms with Gasteiger partial charge in [0.05, 0.1) is 0 Å². The molecule has 0 saturated heterocycles. The molecule has 0 amide bonds. The fraction of sp³-hybridized carbons (Fsp3) is 0.750. The van der Waals surface area contributed by atoms with Crippen LogP contribution in [0.15, 0.2) is 12.4 Å². The summed E-state index contributed by atoms with van der Waals surface area (Å²) in [7, 11) is 2.06. The predicted molar refractivity (Wildman–Crippen MR) is 63.9 cm³/mol. The SMILES string of the molecule is CCNCCC(C)CCc1nccn1C. The van der Waals surface area contributed by atoms with E-state index in [2.05, 4.69) is 35.8 Å². The maximum atomic E-state index is 4.33. The van der Waals surface area contributed by atoms with E-state index in [1.165, 1.54) is 18.7 Å². The molecule has 1 N–H and O–H groups in total. The number of nitrogens with zero attached hydrogens (tertiary/aromatic N) is 2. The van der Waals surface area contributed by atoms with Crippen LogP contribution in [0.1, 0.15) is 32.5 Å². The lowest BCUT2D eigenvalue weighted by Gasteiger charge is -2.11. The Labute approximate surface area is 92.9 Å². The van der Waals surface area contributed by atoms with Crippen LogP contribution in [0.25, 0.3) is 0 Å². The molecule has 0 aromatic carbocycles.